The van der Waals surface area contributed by atoms with Crippen molar-refractivity contribution in [2.45, 2.75) is 50.0 Å². The summed E-state index contributed by atoms with van der Waals surface area (Å²) in [6.07, 6.45) is -0.487. The van der Waals surface area contributed by atoms with Crippen LogP contribution in [0.5, 0.6) is 0 Å². The highest BCUT2D eigenvalue weighted by molar-refractivity contribution is 7.92. The Bertz CT molecular complexity index is 786. The first kappa shape index (κ1) is 19.4. The van der Waals surface area contributed by atoms with E-state index in [9.17, 15) is 22.4 Å². The maximum absolute atomic E-state index is 13.6. The van der Waals surface area contributed by atoms with Crippen molar-refractivity contribution >= 4 is 22.2 Å². The first-order chi connectivity index (χ1) is 11.5. The Hall–Kier alpha value is -1.96. The number of carbonyl (C=O) groups excluding carboxylic acids is 2. The molecule has 0 aromatic heterocycles. The van der Waals surface area contributed by atoms with Crippen LogP contribution in [0.25, 0.3) is 0 Å². The van der Waals surface area contributed by atoms with Crippen LogP contribution in [0.15, 0.2) is 24.3 Å². The Morgan fingerprint density at radius 1 is 1.40 bits per heavy atom. The Morgan fingerprint density at radius 3 is 2.52 bits per heavy atom. The Kier molecular flexibility index (Phi) is 4.96. The van der Waals surface area contributed by atoms with Crippen molar-refractivity contribution < 1.29 is 27.1 Å². The molecule has 6 nitrogen and oxygen atoms in total. The summed E-state index contributed by atoms with van der Waals surface area (Å²) in [4.78, 5) is 23.9. The molecule has 1 amide bonds. The number of aldehydes is 1. The monoisotopic (exact) mass is 371 g/mol. The molecule has 1 aliphatic rings. The number of hydrogen-bond donors (Lipinski definition) is 1. The van der Waals surface area contributed by atoms with Crippen LogP contribution in [0.3, 0.4) is 0 Å². The van der Waals surface area contributed by atoms with Gasteiger partial charge in [-0.05, 0) is 38.5 Å². The van der Waals surface area contributed by atoms with Gasteiger partial charge in [-0.2, -0.15) is 0 Å². The smallest absolute Gasteiger partial charge is 0.408 e. The summed E-state index contributed by atoms with van der Waals surface area (Å²) in [5.41, 5.74) is -2.13. The van der Waals surface area contributed by atoms with E-state index in [1.807, 2.05) is 0 Å². The first-order valence-corrected chi connectivity index (χ1v) is 9.63. The van der Waals surface area contributed by atoms with Crippen molar-refractivity contribution in [3.05, 3.63) is 35.6 Å². The van der Waals surface area contributed by atoms with Gasteiger partial charge in [0.1, 0.15) is 28.5 Å². The summed E-state index contributed by atoms with van der Waals surface area (Å²) in [6, 6.07) is 5.36. The third kappa shape index (κ3) is 3.84. The molecule has 0 radical (unpaired) electrons. The average molecular weight is 371 g/mol. The molecule has 25 heavy (non-hydrogen) atoms. The van der Waals surface area contributed by atoms with E-state index in [0.29, 0.717) is 11.8 Å². The van der Waals surface area contributed by atoms with Crippen LogP contribution < -0.4 is 5.32 Å². The zero-order valence-electron chi connectivity index (χ0n) is 14.6. The molecule has 1 N–H and O–H groups in total. The number of ether oxygens (including phenoxy) is 1. The molecule has 1 saturated carbocycles. The van der Waals surface area contributed by atoms with E-state index in [1.165, 1.54) is 31.2 Å². The standard InChI is InChI=1S/C17H22FNO5S/c1-5-25(22,23)14-13(11-7-6-8-12(18)9-11)17(14,10-20)19-15(21)24-16(2,3)4/h6-10,13-14H,5H2,1-4H3,(H,19,21)/t13-,14-,17-/m1/s1. The average Bonchev–Trinajstić information content (AvgIpc) is 3.15. The molecule has 0 saturated heterocycles. The topological polar surface area (TPSA) is 89.5 Å². The van der Waals surface area contributed by atoms with Gasteiger partial charge in [0.25, 0.3) is 0 Å². The highest BCUT2D eigenvalue weighted by Crippen LogP contribution is 2.55. The minimum atomic E-state index is -3.67. The Morgan fingerprint density at radius 2 is 2.04 bits per heavy atom. The summed E-state index contributed by atoms with van der Waals surface area (Å²) in [6.45, 7) is 6.41. The maximum Gasteiger partial charge on any atom is 0.408 e. The van der Waals surface area contributed by atoms with Crippen molar-refractivity contribution in [1.29, 1.82) is 0 Å². The van der Waals surface area contributed by atoms with Gasteiger partial charge < -0.3 is 14.8 Å². The number of rotatable bonds is 5. The van der Waals surface area contributed by atoms with Gasteiger partial charge in [0.15, 0.2) is 9.84 Å². The molecule has 0 aliphatic heterocycles. The maximum atomic E-state index is 13.6. The lowest BCUT2D eigenvalue weighted by Gasteiger charge is -2.22. The van der Waals surface area contributed by atoms with E-state index in [2.05, 4.69) is 5.32 Å². The highest BCUT2D eigenvalue weighted by atomic mass is 32.2. The zero-order chi connectivity index (χ0) is 19.0. The van der Waals surface area contributed by atoms with E-state index in [4.69, 9.17) is 4.74 Å². The lowest BCUT2D eigenvalue weighted by Crippen LogP contribution is -2.45. The molecule has 0 heterocycles. The van der Waals surface area contributed by atoms with Crippen molar-refractivity contribution in [2.24, 2.45) is 0 Å². The summed E-state index contributed by atoms with van der Waals surface area (Å²) in [5, 5.41) is 1.25. The van der Waals surface area contributed by atoms with Gasteiger partial charge in [-0.25, -0.2) is 17.6 Å². The van der Waals surface area contributed by atoms with Gasteiger partial charge in [-0.1, -0.05) is 19.1 Å². The van der Waals surface area contributed by atoms with Crippen LogP contribution in [0.4, 0.5) is 9.18 Å². The van der Waals surface area contributed by atoms with Crippen molar-refractivity contribution in [2.75, 3.05) is 5.75 Å². The largest absolute Gasteiger partial charge is 0.444 e. The summed E-state index contributed by atoms with van der Waals surface area (Å²) < 4.78 is 43.5. The van der Waals surface area contributed by atoms with Crippen LogP contribution in [-0.4, -0.2) is 42.9 Å². The molecule has 1 fully saturated rings. The van der Waals surface area contributed by atoms with Crippen molar-refractivity contribution in [1.82, 2.24) is 5.32 Å². The zero-order valence-corrected chi connectivity index (χ0v) is 15.4. The third-order valence-electron chi connectivity index (χ3n) is 4.09. The second kappa shape index (κ2) is 6.40. The summed E-state index contributed by atoms with van der Waals surface area (Å²) >= 11 is 0. The Labute approximate surface area is 146 Å². The van der Waals surface area contributed by atoms with Crippen LogP contribution in [0.2, 0.25) is 0 Å². The molecule has 3 atom stereocenters. The van der Waals surface area contributed by atoms with Crippen LogP contribution in [0.1, 0.15) is 39.2 Å². The molecule has 138 valence electrons. The number of alkyl carbamates (subject to hydrolysis) is 1. The number of halogens is 1. The second-order valence-corrected chi connectivity index (χ2v) is 9.49. The van der Waals surface area contributed by atoms with E-state index < -0.39 is 44.1 Å². The SMILES string of the molecule is CCS(=O)(=O)[C@@H]1[C@@H](c2cccc(F)c2)[C@@]1(C=O)NC(=O)OC(C)(C)C. The van der Waals surface area contributed by atoms with Crippen molar-refractivity contribution in [3.63, 3.8) is 0 Å². The van der Waals surface area contributed by atoms with Crippen LogP contribution >= 0.6 is 0 Å². The number of hydrogen-bond acceptors (Lipinski definition) is 5. The number of amides is 1. The molecular formula is C17H22FNO5S. The van der Waals surface area contributed by atoms with E-state index >= 15 is 0 Å². The van der Waals surface area contributed by atoms with E-state index in [-0.39, 0.29) is 5.75 Å². The predicted octanol–water partition coefficient (Wildman–Crippen LogP) is 2.19. The van der Waals surface area contributed by atoms with E-state index in [1.54, 1.807) is 20.8 Å². The third-order valence-corrected chi connectivity index (χ3v) is 6.33. The van der Waals surface area contributed by atoms with Gasteiger partial charge in [0.05, 0.1) is 0 Å². The Balaban J connectivity index is 2.42. The molecular weight excluding hydrogens is 349 g/mol. The summed E-state index contributed by atoms with van der Waals surface area (Å²) in [5.74, 6) is -1.61. The molecule has 1 aromatic carbocycles. The highest BCUT2D eigenvalue weighted by Gasteiger charge is 2.72. The molecule has 1 aromatic rings. The fraction of sp³-hybridized carbons (Fsp3) is 0.529. The molecule has 1 aliphatic carbocycles. The van der Waals surface area contributed by atoms with Gasteiger partial charge in [-0.3, -0.25) is 0 Å². The molecule has 0 unspecified atom stereocenters. The van der Waals surface area contributed by atoms with Gasteiger partial charge in [0, 0.05) is 11.7 Å². The summed E-state index contributed by atoms with van der Waals surface area (Å²) in [7, 11) is -3.67. The molecule has 8 heteroatoms. The van der Waals surface area contributed by atoms with Crippen LogP contribution in [0, 0.1) is 5.82 Å². The lowest BCUT2D eigenvalue weighted by molar-refractivity contribution is -0.110. The predicted molar refractivity (Wildman–Crippen MR) is 90.6 cm³/mol. The quantitative estimate of drug-likeness (QED) is 0.802. The minimum Gasteiger partial charge on any atom is -0.444 e. The second-order valence-electron chi connectivity index (χ2n) is 7.08. The van der Waals surface area contributed by atoms with Crippen LogP contribution in [-0.2, 0) is 19.4 Å². The lowest BCUT2D eigenvalue weighted by atomic mass is 10.1. The van der Waals surface area contributed by atoms with Gasteiger partial charge in [-0.15, -0.1) is 0 Å². The van der Waals surface area contributed by atoms with Gasteiger partial charge in [0.2, 0.25) is 0 Å². The fourth-order valence-electron chi connectivity index (χ4n) is 3.01. The van der Waals surface area contributed by atoms with E-state index in [0.717, 1.165) is 0 Å². The number of sulfone groups is 1. The van der Waals surface area contributed by atoms with Crippen molar-refractivity contribution in [3.8, 4) is 0 Å². The minimum absolute atomic E-state index is 0.199. The first-order valence-electron chi connectivity index (χ1n) is 7.91. The number of benzene rings is 1. The number of carbonyl (C=O) groups is 2. The molecule has 0 spiro atoms. The normalized spacial score (nSPS) is 26.0. The van der Waals surface area contributed by atoms with Gasteiger partial charge >= 0.3 is 6.09 Å². The molecule has 0 bridgehead atoms. The number of nitrogens with one attached hydrogen (secondary N) is 1. The molecule has 2 rings (SSSR count). The fourth-order valence-corrected chi connectivity index (χ4v) is 4.94.